The van der Waals surface area contributed by atoms with Gasteiger partial charge in [0, 0.05) is 13.0 Å². The van der Waals surface area contributed by atoms with Gasteiger partial charge >= 0.3 is 13.8 Å². The number of hydrogen-bond acceptors (Lipinski definition) is 11. The molecular formula is C56H105O12P. The predicted octanol–water partition coefficient (Wildman–Crippen LogP) is 13.4. The summed E-state index contributed by atoms with van der Waals surface area (Å²) < 4.78 is 34.4. The fourth-order valence-electron chi connectivity index (χ4n) is 8.74. The Morgan fingerprint density at radius 1 is 0.464 bits per heavy atom. The molecule has 0 amide bonds. The van der Waals surface area contributed by atoms with Gasteiger partial charge in [0.05, 0.1) is 13.2 Å². The van der Waals surface area contributed by atoms with Gasteiger partial charge in [0.25, 0.3) is 0 Å². The molecule has 6 atom stereocenters. The van der Waals surface area contributed by atoms with E-state index in [0.29, 0.717) is 13.0 Å². The van der Waals surface area contributed by atoms with E-state index < -0.39 is 63.1 Å². The highest BCUT2D eigenvalue weighted by Gasteiger charge is 2.51. The van der Waals surface area contributed by atoms with Gasteiger partial charge in [-0.25, -0.2) is 4.57 Å². The van der Waals surface area contributed by atoms with Crippen LogP contribution in [0.1, 0.15) is 251 Å². The number of esters is 1. The predicted molar refractivity (Wildman–Crippen MR) is 281 cm³/mol. The van der Waals surface area contributed by atoms with Crippen molar-refractivity contribution in [3.8, 4) is 0 Å². The first-order chi connectivity index (χ1) is 33.5. The van der Waals surface area contributed by atoms with Crippen LogP contribution in [0.5, 0.6) is 0 Å². The summed E-state index contributed by atoms with van der Waals surface area (Å²) >= 11 is 0. The molecule has 0 aromatic carbocycles. The highest BCUT2D eigenvalue weighted by atomic mass is 31.2. The van der Waals surface area contributed by atoms with Gasteiger partial charge in [-0.2, -0.15) is 0 Å². The van der Waals surface area contributed by atoms with E-state index in [4.69, 9.17) is 18.5 Å². The molecule has 0 spiro atoms. The maximum Gasteiger partial charge on any atom is 0.472 e. The number of phosphoric ester groups is 1. The van der Waals surface area contributed by atoms with Crippen molar-refractivity contribution in [3.63, 3.8) is 0 Å². The third kappa shape index (κ3) is 37.9. The summed E-state index contributed by atoms with van der Waals surface area (Å²) in [5, 5.41) is 50.4. The van der Waals surface area contributed by atoms with E-state index >= 15 is 0 Å². The van der Waals surface area contributed by atoms with Gasteiger partial charge in [0.1, 0.15) is 42.7 Å². The number of phosphoric acid groups is 1. The molecular weight excluding hydrogens is 896 g/mol. The fourth-order valence-corrected chi connectivity index (χ4v) is 9.71. The van der Waals surface area contributed by atoms with Crippen molar-refractivity contribution in [1.82, 2.24) is 0 Å². The van der Waals surface area contributed by atoms with E-state index in [1.54, 1.807) is 0 Å². The summed E-state index contributed by atoms with van der Waals surface area (Å²) in [5.74, 6) is -0.477. The molecule has 0 aromatic heterocycles. The van der Waals surface area contributed by atoms with Crippen molar-refractivity contribution in [2.24, 2.45) is 0 Å². The summed E-state index contributed by atoms with van der Waals surface area (Å²) in [6.07, 6.45) is 44.9. The Hall–Kier alpha value is -1.44. The Morgan fingerprint density at radius 2 is 0.812 bits per heavy atom. The van der Waals surface area contributed by atoms with Crippen LogP contribution in [0.2, 0.25) is 0 Å². The van der Waals surface area contributed by atoms with Crippen molar-refractivity contribution in [2.45, 2.75) is 294 Å². The zero-order chi connectivity index (χ0) is 50.5. The number of aliphatic hydroxyl groups excluding tert-OH is 5. The first-order valence-electron chi connectivity index (χ1n) is 28.3. The topological polar surface area (TPSA) is 192 Å². The lowest BCUT2D eigenvalue weighted by Gasteiger charge is -2.41. The lowest BCUT2D eigenvalue weighted by Crippen LogP contribution is -2.64. The van der Waals surface area contributed by atoms with Gasteiger partial charge in [0.2, 0.25) is 0 Å². The van der Waals surface area contributed by atoms with Crippen LogP contribution in [0.25, 0.3) is 0 Å². The third-order valence-electron chi connectivity index (χ3n) is 13.2. The number of rotatable bonds is 49. The number of allylic oxidation sites excluding steroid dienone is 6. The molecule has 6 unspecified atom stereocenters. The third-order valence-corrected chi connectivity index (χ3v) is 14.2. The van der Waals surface area contributed by atoms with Crippen LogP contribution in [0.3, 0.4) is 0 Å². The second-order valence-corrected chi connectivity index (χ2v) is 21.2. The highest BCUT2D eigenvalue weighted by molar-refractivity contribution is 7.47. The molecule has 6 N–H and O–H groups in total. The van der Waals surface area contributed by atoms with Crippen LogP contribution in [0.15, 0.2) is 36.5 Å². The average Bonchev–Trinajstić information content (AvgIpc) is 3.34. The minimum atomic E-state index is -5.03. The van der Waals surface area contributed by atoms with Crippen molar-refractivity contribution >= 4 is 13.8 Å². The largest absolute Gasteiger partial charge is 0.472 e. The van der Waals surface area contributed by atoms with Crippen LogP contribution >= 0.6 is 7.82 Å². The molecule has 0 saturated heterocycles. The molecule has 0 aromatic rings. The maximum atomic E-state index is 12.9. The van der Waals surface area contributed by atoms with Crippen molar-refractivity contribution in [3.05, 3.63) is 36.5 Å². The average molecular weight is 1000 g/mol. The number of hydrogen-bond donors (Lipinski definition) is 6. The van der Waals surface area contributed by atoms with Gasteiger partial charge < -0.3 is 39.9 Å². The van der Waals surface area contributed by atoms with Crippen LogP contribution in [-0.2, 0) is 27.9 Å². The standard InChI is InChI=1S/C56H105O12P/c1-3-5-7-9-11-13-15-17-19-21-23-24-25-26-27-29-31-33-35-37-39-41-43-45-50(57)67-49(48-66-69(63,64)68-56-54(61)52(59)51(58)53(60)55(56)62)47-65-46-44-42-40-38-36-34-32-30-28-22-20-18-16-14-12-10-8-6-4-2/h15,17,20-23,49,51-56,58-62H,3-14,16,18-19,24-48H2,1-2H3,(H,63,64)/b17-15-,22-20-,23-21-. The molecule has 1 aliphatic carbocycles. The van der Waals surface area contributed by atoms with Gasteiger partial charge in [-0.05, 0) is 70.6 Å². The smallest absolute Gasteiger partial charge is 0.457 e. The molecule has 0 bridgehead atoms. The van der Waals surface area contributed by atoms with E-state index in [0.717, 1.165) is 44.9 Å². The SMILES string of the molecule is CCCCCCC/C=C\C/C=C\CCCCCCCCCCCCCC(=O)OC(COCCCCCCCCCC/C=C\CCCCCCCCC)COP(=O)(O)OC1C(O)C(O)C(O)C(O)C1O. The quantitative estimate of drug-likeness (QED) is 0.0146. The molecule has 1 rings (SSSR count). The lowest BCUT2D eigenvalue weighted by molar-refractivity contribution is -0.220. The summed E-state index contributed by atoms with van der Waals surface area (Å²) in [6, 6.07) is 0. The summed E-state index contributed by atoms with van der Waals surface area (Å²) in [4.78, 5) is 23.3. The summed E-state index contributed by atoms with van der Waals surface area (Å²) in [5.41, 5.74) is 0. The molecule has 0 aliphatic heterocycles. The van der Waals surface area contributed by atoms with E-state index in [-0.39, 0.29) is 13.0 Å². The normalized spacial score (nSPS) is 21.2. The van der Waals surface area contributed by atoms with E-state index in [1.807, 2.05) is 0 Å². The maximum absolute atomic E-state index is 12.9. The number of unbranched alkanes of at least 4 members (excludes halogenated alkanes) is 31. The molecule has 0 heterocycles. The van der Waals surface area contributed by atoms with Crippen LogP contribution < -0.4 is 0 Å². The number of aliphatic hydroxyl groups is 5. The van der Waals surface area contributed by atoms with E-state index in [1.165, 1.54) is 180 Å². The van der Waals surface area contributed by atoms with Crippen molar-refractivity contribution in [2.75, 3.05) is 19.8 Å². The minimum Gasteiger partial charge on any atom is -0.457 e. The summed E-state index contributed by atoms with van der Waals surface area (Å²) in [6.45, 7) is 4.28. The molecule has 406 valence electrons. The zero-order valence-electron chi connectivity index (χ0n) is 43.9. The van der Waals surface area contributed by atoms with Crippen LogP contribution in [0.4, 0.5) is 0 Å². The Labute approximate surface area is 421 Å². The second kappa shape index (κ2) is 46.4. The minimum absolute atomic E-state index is 0.0776. The van der Waals surface area contributed by atoms with Crippen LogP contribution in [0, 0.1) is 0 Å². The monoisotopic (exact) mass is 1000 g/mol. The van der Waals surface area contributed by atoms with E-state index in [2.05, 4.69) is 50.3 Å². The Bertz CT molecular complexity index is 1280. The number of ether oxygens (including phenoxy) is 2. The van der Waals surface area contributed by atoms with Gasteiger partial charge in [-0.15, -0.1) is 0 Å². The molecule has 1 fully saturated rings. The van der Waals surface area contributed by atoms with Gasteiger partial charge in [-0.3, -0.25) is 13.8 Å². The zero-order valence-corrected chi connectivity index (χ0v) is 44.8. The summed E-state index contributed by atoms with van der Waals surface area (Å²) in [7, 11) is -5.03. The number of carbonyl (C=O) groups excluding carboxylic acids is 1. The molecule has 12 nitrogen and oxygen atoms in total. The highest BCUT2D eigenvalue weighted by Crippen LogP contribution is 2.47. The van der Waals surface area contributed by atoms with Crippen molar-refractivity contribution in [1.29, 1.82) is 0 Å². The first kappa shape index (κ1) is 65.6. The number of carbonyl (C=O) groups is 1. The Balaban J connectivity index is 2.29. The van der Waals surface area contributed by atoms with Gasteiger partial charge in [0.15, 0.2) is 0 Å². The molecule has 1 saturated carbocycles. The van der Waals surface area contributed by atoms with Crippen molar-refractivity contribution < 1.29 is 58.3 Å². The van der Waals surface area contributed by atoms with Crippen LogP contribution in [-0.4, -0.2) is 98.9 Å². The second-order valence-electron chi connectivity index (χ2n) is 19.8. The Morgan fingerprint density at radius 3 is 1.23 bits per heavy atom. The first-order valence-corrected chi connectivity index (χ1v) is 29.8. The molecule has 69 heavy (non-hydrogen) atoms. The Kier molecular flexibility index (Phi) is 44.1. The molecule has 1 aliphatic rings. The lowest BCUT2D eigenvalue weighted by atomic mass is 9.85. The van der Waals surface area contributed by atoms with E-state index in [9.17, 15) is 39.8 Å². The van der Waals surface area contributed by atoms with Gasteiger partial charge in [-0.1, -0.05) is 211 Å². The molecule has 13 heteroatoms. The fraction of sp³-hybridized carbons (Fsp3) is 0.875. The molecule has 0 radical (unpaired) electrons.